The summed E-state index contributed by atoms with van der Waals surface area (Å²) >= 11 is 0. The molecule has 0 saturated carbocycles. The summed E-state index contributed by atoms with van der Waals surface area (Å²) in [4.78, 5) is 22.7. The van der Waals surface area contributed by atoms with E-state index in [0.29, 0.717) is 5.92 Å². The molecule has 0 unspecified atom stereocenters. The predicted molar refractivity (Wildman–Crippen MR) is 72.4 cm³/mol. The lowest BCUT2D eigenvalue weighted by atomic mass is 10.0. The molecule has 1 aromatic rings. The number of rotatable bonds is 4. The average Bonchev–Trinajstić information content (AvgIpc) is 2.28. The van der Waals surface area contributed by atoms with Crippen molar-refractivity contribution in [2.24, 2.45) is 0 Å². The fraction of sp³-hybridized carbons (Fsp3) is 0.429. The van der Waals surface area contributed by atoms with Gasteiger partial charge in [0.2, 0.25) is 11.8 Å². The molecule has 0 aliphatic carbocycles. The summed E-state index contributed by atoms with van der Waals surface area (Å²) in [7, 11) is 0. The molecule has 0 spiro atoms. The second-order valence-electron chi connectivity index (χ2n) is 4.69. The van der Waals surface area contributed by atoms with Crippen molar-refractivity contribution in [3.05, 3.63) is 29.8 Å². The van der Waals surface area contributed by atoms with Gasteiger partial charge in [-0.3, -0.25) is 9.59 Å². The van der Waals surface area contributed by atoms with E-state index in [9.17, 15) is 9.59 Å². The van der Waals surface area contributed by atoms with Crippen molar-refractivity contribution in [1.29, 1.82) is 0 Å². The normalized spacial score (nSPS) is 12.1. The predicted octanol–water partition coefficient (Wildman–Crippen LogP) is 2.27. The molecule has 0 fully saturated rings. The van der Waals surface area contributed by atoms with E-state index >= 15 is 0 Å². The zero-order valence-electron chi connectivity index (χ0n) is 11.3. The number of hydrogen-bond donors (Lipinski definition) is 2. The first kappa shape index (κ1) is 14.2. The average molecular weight is 248 g/mol. The first-order valence-corrected chi connectivity index (χ1v) is 6.08. The number of carbonyl (C=O) groups is 2. The summed E-state index contributed by atoms with van der Waals surface area (Å²) in [6.07, 6.45) is 0. The summed E-state index contributed by atoms with van der Waals surface area (Å²) in [5.41, 5.74) is 1.92. The highest BCUT2D eigenvalue weighted by Gasteiger charge is 2.13. The molecule has 1 rings (SSSR count). The third kappa shape index (κ3) is 4.20. The minimum Gasteiger partial charge on any atom is -0.345 e. The van der Waals surface area contributed by atoms with Crippen molar-refractivity contribution in [3.8, 4) is 0 Å². The SMILES string of the molecule is CC(=O)N[C@H](C)C(=O)Nc1cccc(C(C)C)c1. The van der Waals surface area contributed by atoms with Crippen LogP contribution < -0.4 is 10.6 Å². The van der Waals surface area contributed by atoms with Crippen molar-refractivity contribution in [3.63, 3.8) is 0 Å². The van der Waals surface area contributed by atoms with Crippen LogP contribution in [0.2, 0.25) is 0 Å². The maximum absolute atomic E-state index is 11.8. The molecule has 18 heavy (non-hydrogen) atoms. The molecule has 0 bridgehead atoms. The number of anilines is 1. The quantitative estimate of drug-likeness (QED) is 0.858. The van der Waals surface area contributed by atoms with Gasteiger partial charge >= 0.3 is 0 Å². The molecular formula is C14H20N2O2. The molecule has 0 heterocycles. The van der Waals surface area contributed by atoms with Crippen LogP contribution in [-0.4, -0.2) is 17.9 Å². The van der Waals surface area contributed by atoms with Crippen LogP contribution in [0.15, 0.2) is 24.3 Å². The molecule has 2 N–H and O–H groups in total. The number of amides is 2. The fourth-order valence-corrected chi connectivity index (χ4v) is 1.60. The Hall–Kier alpha value is -1.84. The Balaban J connectivity index is 2.69. The number of benzene rings is 1. The Labute approximate surface area is 108 Å². The Morgan fingerprint density at radius 1 is 1.17 bits per heavy atom. The zero-order valence-corrected chi connectivity index (χ0v) is 11.3. The fourth-order valence-electron chi connectivity index (χ4n) is 1.60. The van der Waals surface area contributed by atoms with Crippen LogP contribution in [0.1, 0.15) is 39.2 Å². The van der Waals surface area contributed by atoms with Gasteiger partial charge in [-0.2, -0.15) is 0 Å². The molecule has 2 amide bonds. The molecule has 4 heteroatoms. The van der Waals surface area contributed by atoms with Crippen molar-refractivity contribution in [2.45, 2.75) is 39.7 Å². The lowest BCUT2D eigenvalue weighted by Crippen LogP contribution is -2.40. The zero-order chi connectivity index (χ0) is 13.7. The smallest absolute Gasteiger partial charge is 0.246 e. The van der Waals surface area contributed by atoms with Crippen molar-refractivity contribution in [2.75, 3.05) is 5.32 Å². The summed E-state index contributed by atoms with van der Waals surface area (Å²) in [5.74, 6) is -0.0192. The highest BCUT2D eigenvalue weighted by molar-refractivity contribution is 5.96. The molecular weight excluding hydrogens is 228 g/mol. The van der Waals surface area contributed by atoms with Crippen LogP contribution in [0.25, 0.3) is 0 Å². The summed E-state index contributed by atoms with van der Waals surface area (Å²) in [5, 5.41) is 5.34. The summed E-state index contributed by atoms with van der Waals surface area (Å²) in [6.45, 7) is 7.24. The van der Waals surface area contributed by atoms with E-state index in [4.69, 9.17) is 0 Å². The minimum atomic E-state index is -0.537. The van der Waals surface area contributed by atoms with Gasteiger partial charge < -0.3 is 10.6 Å². The van der Waals surface area contributed by atoms with E-state index < -0.39 is 6.04 Å². The molecule has 4 nitrogen and oxygen atoms in total. The van der Waals surface area contributed by atoms with Crippen molar-refractivity contribution >= 4 is 17.5 Å². The molecule has 0 saturated heterocycles. The Morgan fingerprint density at radius 3 is 2.39 bits per heavy atom. The third-order valence-corrected chi connectivity index (χ3v) is 2.63. The second-order valence-corrected chi connectivity index (χ2v) is 4.69. The Kier molecular flexibility index (Phi) is 4.89. The molecule has 98 valence electrons. The first-order chi connectivity index (χ1) is 8.40. The second kappa shape index (κ2) is 6.19. The topological polar surface area (TPSA) is 58.2 Å². The van der Waals surface area contributed by atoms with Crippen molar-refractivity contribution < 1.29 is 9.59 Å². The molecule has 1 atom stereocenters. The molecule has 0 aliphatic heterocycles. The molecule has 1 aromatic carbocycles. The van der Waals surface area contributed by atoms with E-state index in [2.05, 4.69) is 24.5 Å². The maximum Gasteiger partial charge on any atom is 0.246 e. The van der Waals surface area contributed by atoms with Gasteiger partial charge in [0, 0.05) is 12.6 Å². The monoisotopic (exact) mass is 248 g/mol. The van der Waals surface area contributed by atoms with Gasteiger partial charge in [-0.25, -0.2) is 0 Å². The van der Waals surface area contributed by atoms with Crippen LogP contribution in [0.4, 0.5) is 5.69 Å². The van der Waals surface area contributed by atoms with Gasteiger partial charge in [0.25, 0.3) is 0 Å². The minimum absolute atomic E-state index is 0.214. The van der Waals surface area contributed by atoms with Crippen LogP contribution in [0, 0.1) is 0 Å². The lowest BCUT2D eigenvalue weighted by Gasteiger charge is -2.14. The number of nitrogens with one attached hydrogen (secondary N) is 2. The standard InChI is InChI=1S/C14H20N2O2/c1-9(2)12-6-5-7-13(8-12)16-14(18)10(3)15-11(4)17/h5-10H,1-4H3,(H,15,17)(H,16,18)/t10-/m1/s1. The number of carbonyl (C=O) groups excluding carboxylic acids is 2. The van der Waals surface area contributed by atoms with E-state index in [1.165, 1.54) is 12.5 Å². The van der Waals surface area contributed by atoms with E-state index in [1.54, 1.807) is 6.92 Å². The van der Waals surface area contributed by atoms with Crippen LogP contribution in [0.3, 0.4) is 0 Å². The summed E-state index contributed by atoms with van der Waals surface area (Å²) < 4.78 is 0. The van der Waals surface area contributed by atoms with Gasteiger partial charge in [0.05, 0.1) is 0 Å². The number of hydrogen-bond acceptors (Lipinski definition) is 2. The van der Waals surface area contributed by atoms with Gasteiger partial charge in [-0.05, 0) is 30.5 Å². The van der Waals surface area contributed by atoms with Crippen LogP contribution in [-0.2, 0) is 9.59 Å². The van der Waals surface area contributed by atoms with E-state index in [1.807, 2.05) is 24.3 Å². The molecule has 0 aromatic heterocycles. The Bertz CT molecular complexity index is 441. The third-order valence-electron chi connectivity index (χ3n) is 2.63. The summed E-state index contributed by atoms with van der Waals surface area (Å²) in [6, 6.07) is 7.18. The lowest BCUT2D eigenvalue weighted by molar-refractivity contribution is -0.124. The first-order valence-electron chi connectivity index (χ1n) is 6.08. The van der Waals surface area contributed by atoms with Gasteiger partial charge in [-0.1, -0.05) is 26.0 Å². The molecule has 0 radical (unpaired) electrons. The largest absolute Gasteiger partial charge is 0.345 e. The van der Waals surface area contributed by atoms with Gasteiger partial charge in [0.1, 0.15) is 6.04 Å². The van der Waals surface area contributed by atoms with E-state index in [0.717, 1.165) is 5.69 Å². The van der Waals surface area contributed by atoms with Crippen molar-refractivity contribution in [1.82, 2.24) is 5.32 Å². The highest BCUT2D eigenvalue weighted by Crippen LogP contribution is 2.18. The highest BCUT2D eigenvalue weighted by atomic mass is 16.2. The Morgan fingerprint density at radius 2 is 1.83 bits per heavy atom. The van der Waals surface area contributed by atoms with Crippen LogP contribution in [0.5, 0.6) is 0 Å². The maximum atomic E-state index is 11.8. The van der Waals surface area contributed by atoms with Gasteiger partial charge in [0.15, 0.2) is 0 Å². The van der Waals surface area contributed by atoms with Gasteiger partial charge in [-0.15, -0.1) is 0 Å². The molecule has 0 aliphatic rings. The van der Waals surface area contributed by atoms with Crippen LogP contribution >= 0.6 is 0 Å². The van der Waals surface area contributed by atoms with E-state index in [-0.39, 0.29) is 11.8 Å².